The summed E-state index contributed by atoms with van der Waals surface area (Å²) in [6.45, 7) is 0. The molecule has 20 aromatic carbocycles. The van der Waals surface area contributed by atoms with Gasteiger partial charge in [-0.1, -0.05) is 328 Å². The number of thiophene rings is 2. The Balaban J connectivity index is 0.000000128. The molecule has 6 heteroatoms. The lowest BCUT2D eigenvalue weighted by molar-refractivity contribution is 0.795. The van der Waals surface area contributed by atoms with Crippen LogP contribution < -0.4 is 0 Å². The molecular weight excluding hydrogens is 1610 g/mol. The number of benzene rings is 20. The number of aromatic nitrogens is 4. The number of rotatable bonds is 6. The number of nitrogens with zero attached hydrogens (tertiary/aromatic N) is 4. The maximum absolute atomic E-state index is 5.69. The average Bonchev–Trinajstić information content (AvgIpc) is 1.50. The Morgan fingerprint density at radius 2 is 0.454 bits per heavy atom. The van der Waals surface area contributed by atoms with Gasteiger partial charge in [-0.15, -0.1) is 22.7 Å². The lowest BCUT2D eigenvalue weighted by Crippen LogP contribution is -2.25. The van der Waals surface area contributed by atoms with Crippen LogP contribution in [0.25, 0.3) is 228 Å². The van der Waals surface area contributed by atoms with Gasteiger partial charge in [0.25, 0.3) is 0 Å². The molecule has 0 atom stereocenters. The van der Waals surface area contributed by atoms with Crippen molar-refractivity contribution in [2.75, 3.05) is 0 Å². The summed E-state index contributed by atoms with van der Waals surface area (Å²) in [5, 5.41) is 17.2. The monoisotopic (exact) mass is 1680 g/mol. The normalized spacial score (nSPS) is 13.4. The molecule has 6 aromatic heterocycles. The van der Waals surface area contributed by atoms with Crippen LogP contribution in [0.15, 0.2) is 437 Å². The van der Waals surface area contributed by atoms with Crippen LogP contribution in [0.2, 0.25) is 0 Å². The van der Waals surface area contributed by atoms with Gasteiger partial charge in [-0.3, -0.25) is 0 Å². The maximum atomic E-state index is 5.69. The van der Waals surface area contributed by atoms with Crippen LogP contribution >= 0.6 is 22.7 Å². The van der Waals surface area contributed by atoms with Crippen LogP contribution in [0.5, 0.6) is 0 Å². The molecule has 0 radical (unpaired) electrons. The van der Waals surface area contributed by atoms with Gasteiger partial charge in [0.2, 0.25) is 0 Å². The second kappa shape index (κ2) is 27.2. The molecule has 6 heterocycles. The number of para-hydroxylation sites is 6. The summed E-state index contributed by atoms with van der Waals surface area (Å²) in [4.78, 5) is 11.4. The topological polar surface area (TPSA) is 35.6 Å². The van der Waals surface area contributed by atoms with Crippen LogP contribution in [-0.4, -0.2) is 19.1 Å². The zero-order valence-corrected chi connectivity index (χ0v) is 71.8. The summed E-state index contributed by atoms with van der Waals surface area (Å²) in [7, 11) is 0. The summed E-state index contributed by atoms with van der Waals surface area (Å²) in [6, 6.07) is 163. The van der Waals surface area contributed by atoms with E-state index in [9.17, 15) is 0 Å². The van der Waals surface area contributed by atoms with E-state index in [0.717, 1.165) is 61.1 Å². The van der Waals surface area contributed by atoms with E-state index in [1.165, 1.54) is 211 Å². The van der Waals surface area contributed by atoms with E-state index in [0.29, 0.717) is 0 Å². The molecule has 4 aliphatic rings. The fraction of sp³-hybridized carbons (Fsp3) is 0.0161. The molecule has 0 unspecified atom stereocenters. The van der Waals surface area contributed by atoms with Gasteiger partial charge in [0.05, 0.1) is 55.3 Å². The second-order valence-corrected chi connectivity index (χ2v) is 37.6. The predicted octanol–water partition coefficient (Wildman–Crippen LogP) is 33.1. The third-order valence-corrected chi connectivity index (χ3v) is 31.6. The van der Waals surface area contributed by atoms with Crippen molar-refractivity contribution in [1.29, 1.82) is 0 Å². The molecule has 0 saturated heterocycles. The summed E-state index contributed by atoms with van der Waals surface area (Å²) in [6.07, 6.45) is 0. The molecule has 4 aliphatic carbocycles. The highest BCUT2D eigenvalue weighted by atomic mass is 32.1. The number of hydrogen-bond donors (Lipinski definition) is 0. The van der Waals surface area contributed by atoms with Crippen molar-refractivity contribution in [3.05, 3.63) is 481 Å². The van der Waals surface area contributed by atoms with Crippen molar-refractivity contribution in [3.63, 3.8) is 0 Å². The molecule has 0 bridgehead atoms. The van der Waals surface area contributed by atoms with E-state index in [1.54, 1.807) is 0 Å². The largest absolute Gasteiger partial charge is 0.309 e. The third-order valence-electron chi connectivity index (χ3n) is 29.1. The van der Waals surface area contributed by atoms with Gasteiger partial charge in [0, 0.05) is 106 Å². The summed E-state index contributed by atoms with van der Waals surface area (Å²) in [5.41, 5.74) is 38.1. The van der Waals surface area contributed by atoms with Crippen LogP contribution in [-0.2, 0) is 10.8 Å². The first-order chi connectivity index (χ1) is 64.5. The molecule has 2 spiro atoms. The highest BCUT2D eigenvalue weighted by Crippen LogP contribution is 2.66. The Labute approximate surface area is 756 Å². The van der Waals surface area contributed by atoms with Gasteiger partial charge in [-0.25, -0.2) is 9.97 Å². The second-order valence-electron chi connectivity index (χ2n) is 35.5. The van der Waals surface area contributed by atoms with E-state index in [4.69, 9.17) is 9.97 Å². The first-order valence-corrected chi connectivity index (χ1v) is 46.5. The summed E-state index contributed by atoms with van der Waals surface area (Å²) < 4.78 is 10.1. The lowest BCUT2D eigenvalue weighted by atomic mass is 9.70. The van der Waals surface area contributed by atoms with Crippen molar-refractivity contribution >= 4 is 150 Å². The van der Waals surface area contributed by atoms with Gasteiger partial charge in [-0.05, 0) is 231 Å². The Hall–Kier alpha value is -16.2. The molecule has 0 N–H and O–H groups in total. The average molecular weight is 1680 g/mol. The minimum Gasteiger partial charge on any atom is -0.309 e. The maximum Gasteiger partial charge on any atom is 0.0789 e. The zero-order valence-electron chi connectivity index (χ0n) is 70.2. The third kappa shape index (κ3) is 9.82. The number of fused-ring (bicyclic) bond motifs is 38. The summed E-state index contributed by atoms with van der Waals surface area (Å²) >= 11 is 3.78. The van der Waals surface area contributed by atoms with Gasteiger partial charge < -0.3 is 9.13 Å². The van der Waals surface area contributed by atoms with E-state index in [2.05, 4.69) is 446 Å². The highest BCUT2D eigenvalue weighted by molar-refractivity contribution is 7.26. The summed E-state index contributed by atoms with van der Waals surface area (Å²) in [5.74, 6) is 0. The standard InChI is InChI=1S/C62H37N3.C62H35NS2/c1-9-25-52-41(17-1)42-18-2-10-26-53(42)62(52)54-27-11-3-19-43(54)50-36-51-49(37-55(50)62)44-20-4-12-28-56(44)63-61(51)38-33-39(64-57-29-13-5-21-45(57)46-22-6-14-30-58(46)64)35-40(34-38)65-59-31-15-7-23-47(59)48-24-8-16-32-60(48)65;1-7-25-52-41(15-1)42-16-2-8-26-53(42)62(52)54-27-9-3-17-43(54)50-34-51-49(35-55(50)62)44-18-4-10-28-56(44)63-59(51)38-32-36(39-21-13-23-47-45-19-5-11-29-57(45)64-60(39)47)31-37(33-38)40-22-14-24-48-46-20-6-12-30-58(46)65-61(40)48/h1-37H;1-35H. The zero-order chi connectivity index (χ0) is 84.8. The van der Waals surface area contributed by atoms with Crippen molar-refractivity contribution in [3.8, 4) is 101 Å². The number of hydrogen-bond acceptors (Lipinski definition) is 4. The van der Waals surface area contributed by atoms with E-state index < -0.39 is 10.8 Å². The van der Waals surface area contributed by atoms with E-state index in [1.807, 2.05) is 22.7 Å². The first kappa shape index (κ1) is 72.0. The van der Waals surface area contributed by atoms with Crippen LogP contribution in [0.3, 0.4) is 0 Å². The molecule has 30 rings (SSSR count). The van der Waals surface area contributed by atoms with Crippen molar-refractivity contribution in [2.45, 2.75) is 10.8 Å². The van der Waals surface area contributed by atoms with Crippen molar-refractivity contribution in [2.24, 2.45) is 0 Å². The van der Waals surface area contributed by atoms with Crippen LogP contribution in [0.1, 0.15) is 44.5 Å². The molecule has 0 amide bonds. The van der Waals surface area contributed by atoms with Gasteiger partial charge in [0.15, 0.2) is 0 Å². The molecule has 0 saturated carbocycles. The minimum absolute atomic E-state index is 0.434. The Bertz CT molecular complexity index is 9030. The van der Waals surface area contributed by atoms with Crippen molar-refractivity contribution < 1.29 is 0 Å². The molecule has 0 aliphatic heterocycles. The SMILES string of the molecule is c1ccc2c(c1)-c1ccccc1C21c2ccccc2-c2cc3c(-c4cc(-c5cccc6c5sc5ccccc56)cc(-c5cccc6c5sc5ccccc56)c4)nc4ccccc4c3cc21.c1ccc2c(c1)-c1ccccc1C21c2ccccc2-c2cc3c(-c4cc(-n5c6ccccc6c6ccccc65)cc(-n5c6ccccc6c6ccccc65)c4)nc4ccccc4c3cc21. The Morgan fingerprint density at radius 1 is 0.177 bits per heavy atom. The van der Waals surface area contributed by atoms with Gasteiger partial charge in [-0.2, -0.15) is 0 Å². The van der Waals surface area contributed by atoms with Crippen LogP contribution in [0, 0.1) is 0 Å². The molecule has 600 valence electrons. The molecular formula is C124H72N4S2. The molecule has 26 aromatic rings. The first-order valence-electron chi connectivity index (χ1n) is 44.9. The van der Waals surface area contributed by atoms with Crippen LogP contribution in [0.4, 0.5) is 0 Å². The predicted molar refractivity (Wildman–Crippen MR) is 547 cm³/mol. The fourth-order valence-corrected chi connectivity index (χ4v) is 26.4. The highest BCUT2D eigenvalue weighted by Gasteiger charge is 2.54. The lowest BCUT2D eigenvalue weighted by Gasteiger charge is -2.30. The Morgan fingerprint density at radius 3 is 0.823 bits per heavy atom. The molecule has 4 nitrogen and oxygen atoms in total. The van der Waals surface area contributed by atoms with E-state index >= 15 is 0 Å². The van der Waals surface area contributed by atoms with E-state index in [-0.39, 0.29) is 0 Å². The number of pyridine rings is 2. The smallest absolute Gasteiger partial charge is 0.0789 e. The fourth-order valence-electron chi connectivity index (χ4n) is 23.9. The molecule has 130 heavy (non-hydrogen) atoms. The van der Waals surface area contributed by atoms with Gasteiger partial charge >= 0.3 is 0 Å². The quantitative estimate of drug-likeness (QED) is 0.156. The Kier molecular flexibility index (Phi) is 15.0. The van der Waals surface area contributed by atoms with Crippen molar-refractivity contribution in [1.82, 2.24) is 19.1 Å². The van der Waals surface area contributed by atoms with Gasteiger partial charge in [0.1, 0.15) is 0 Å². The minimum atomic E-state index is -0.446. The molecule has 0 fully saturated rings.